The lowest BCUT2D eigenvalue weighted by molar-refractivity contribution is -0.129. The van der Waals surface area contributed by atoms with Gasteiger partial charge in [0.2, 0.25) is 0 Å². The monoisotopic (exact) mass is 311 g/mol. The van der Waals surface area contributed by atoms with Gasteiger partial charge >= 0.3 is 6.09 Å². The Labute approximate surface area is 131 Å². The fourth-order valence-corrected chi connectivity index (χ4v) is 2.85. The van der Waals surface area contributed by atoms with Crippen LogP contribution in [0, 0.1) is 0 Å². The number of ether oxygens (including phenoxy) is 1. The molecule has 0 saturated carbocycles. The Kier molecular flexibility index (Phi) is 3.00. The van der Waals surface area contributed by atoms with E-state index >= 15 is 0 Å². The molecule has 3 heterocycles. The first kappa shape index (κ1) is 13.7. The topological polar surface area (TPSA) is 79.8 Å². The number of cyclic esters (lactones) is 1. The predicted octanol–water partition coefficient (Wildman–Crippen LogP) is 1.04. The molecule has 0 atom stereocenters. The lowest BCUT2D eigenvalue weighted by Crippen LogP contribution is -2.62. The first-order valence-corrected chi connectivity index (χ1v) is 7.27. The number of fused-ring (bicyclic) bond motifs is 1. The van der Waals surface area contributed by atoms with Crippen LogP contribution in [0.15, 0.2) is 36.4 Å². The smallest absolute Gasteiger partial charge is 0.417 e. The van der Waals surface area contributed by atoms with Crippen molar-refractivity contribution in [1.29, 1.82) is 0 Å². The van der Waals surface area contributed by atoms with Gasteiger partial charge in [0, 0.05) is 18.5 Å². The van der Waals surface area contributed by atoms with Gasteiger partial charge in [-0.1, -0.05) is 24.3 Å². The normalized spacial score (nSPS) is 18.3. The Balaban J connectivity index is 1.48. The molecule has 7 heteroatoms. The number of hydrogen-bond donors (Lipinski definition) is 0. The molecule has 0 radical (unpaired) electrons. The van der Waals surface area contributed by atoms with Crippen molar-refractivity contribution < 1.29 is 19.1 Å². The van der Waals surface area contributed by atoms with E-state index in [1.54, 1.807) is 11.0 Å². The Morgan fingerprint density at radius 2 is 1.91 bits per heavy atom. The summed E-state index contributed by atoms with van der Waals surface area (Å²) in [5, 5.41) is 0.968. The minimum atomic E-state index is -0.629. The minimum absolute atomic E-state index is 0.202. The van der Waals surface area contributed by atoms with Crippen molar-refractivity contribution in [3.05, 3.63) is 42.1 Å². The van der Waals surface area contributed by atoms with E-state index in [4.69, 9.17) is 0 Å². The fourth-order valence-electron chi connectivity index (χ4n) is 2.85. The van der Waals surface area contributed by atoms with E-state index < -0.39 is 6.09 Å². The van der Waals surface area contributed by atoms with E-state index in [0.29, 0.717) is 18.8 Å². The first-order chi connectivity index (χ1) is 11.1. The Hall–Kier alpha value is -2.96. The van der Waals surface area contributed by atoms with Gasteiger partial charge in [0.15, 0.2) is 6.61 Å². The second kappa shape index (κ2) is 5.05. The molecule has 1 aromatic heterocycles. The largest absolute Gasteiger partial charge is 0.439 e. The molecule has 2 aromatic rings. The number of imide groups is 1. The number of nitrogens with zero attached hydrogens (tertiary/aromatic N) is 3. The van der Waals surface area contributed by atoms with Crippen molar-refractivity contribution >= 4 is 28.8 Å². The van der Waals surface area contributed by atoms with Crippen LogP contribution in [0.1, 0.15) is 10.5 Å². The lowest BCUT2D eigenvalue weighted by atomic mass is 10.1. The number of para-hydroxylation sites is 1. The predicted molar refractivity (Wildman–Crippen MR) is 79.6 cm³/mol. The summed E-state index contributed by atoms with van der Waals surface area (Å²) in [5.41, 5.74) is 1.12. The van der Waals surface area contributed by atoms with Crippen molar-refractivity contribution in [3.63, 3.8) is 0 Å². The molecular weight excluding hydrogens is 298 g/mol. The Bertz CT molecular complexity index is 813. The molecule has 116 valence electrons. The maximum Gasteiger partial charge on any atom is 0.417 e. The van der Waals surface area contributed by atoms with Gasteiger partial charge in [0.1, 0.15) is 5.69 Å². The van der Waals surface area contributed by atoms with E-state index in [9.17, 15) is 14.4 Å². The van der Waals surface area contributed by atoms with Crippen molar-refractivity contribution in [3.8, 4) is 0 Å². The molecule has 2 aliphatic heterocycles. The van der Waals surface area contributed by atoms with Gasteiger partial charge in [-0.25, -0.2) is 14.7 Å². The number of benzene rings is 1. The Morgan fingerprint density at radius 3 is 2.65 bits per heavy atom. The molecule has 0 unspecified atom stereocenters. The van der Waals surface area contributed by atoms with E-state index in [0.717, 1.165) is 15.8 Å². The number of rotatable bonds is 2. The molecule has 2 aliphatic rings. The van der Waals surface area contributed by atoms with Crippen LogP contribution in [0.4, 0.5) is 4.79 Å². The maximum absolute atomic E-state index is 12.4. The van der Waals surface area contributed by atoms with Crippen molar-refractivity contribution in [2.75, 3.05) is 19.7 Å². The molecule has 0 aliphatic carbocycles. The van der Waals surface area contributed by atoms with Crippen LogP contribution in [-0.2, 0) is 9.53 Å². The molecular formula is C16H13N3O4. The van der Waals surface area contributed by atoms with Crippen LogP contribution in [0.3, 0.4) is 0 Å². The van der Waals surface area contributed by atoms with Gasteiger partial charge < -0.3 is 9.64 Å². The number of hydrogen-bond acceptors (Lipinski definition) is 5. The third-order valence-electron chi connectivity index (χ3n) is 4.12. The van der Waals surface area contributed by atoms with Crippen LogP contribution >= 0.6 is 0 Å². The molecule has 23 heavy (non-hydrogen) atoms. The number of aromatic nitrogens is 1. The molecule has 0 N–H and O–H groups in total. The zero-order valence-corrected chi connectivity index (χ0v) is 12.1. The quantitative estimate of drug-likeness (QED) is 0.828. The first-order valence-electron chi connectivity index (χ1n) is 7.27. The lowest BCUT2D eigenvalue weighted by Gasteiger charge is -2.41. The van der Waals surface area contributed by atoms with Gasteiger partial charge in [0.05, 0.1) is 11.6 Å². The van der Waals surface area contributed by atoms with E-state index in [2.05, 4.69) is 9.72 Å². The highest BCUT2D eigenvalue weighted by Gasteiger charge is 2.44. The second-order valence-corrected chi connectivity index (χ2v) is 5.57. The third kappa shape index (κ3) is 2.21. The molecule has 7 nitrogen and oxygen atoms in total. The van der Waals surface area contributed by atoms with Gasteiger partial charge in [-0.3, -0.25) is 9.59 Å². The van der Waals surface area contributed by atoms with Crippen LogP contribution in [0.5, 0.6) is 0 Å². The van der Waals surface area contributed by atoms with E-state index in [1.165, 1.54) is 0 Å². The molecule has 2 saturated heterocycles. The van der Waals surface area contributed by atoms with E-state index in [1.807, 2.05) is 30.3 Å². The third-order valence-corrected chi connectivity index (χ3v) is 4.12. The highest BCUT2D eigenvalue weighted by Crippen LogP contribution is 2.22. The highest BCUT2D eigenvalue weighted by molar-refractivity contribution is 5.99. The summed E-state index contributed by atoms with van der Waals surface area (Å²) in [4.78, 5) is 42.5. The summed E-state index contributed by atoms with van der Waals surface area (Å²) in [5.74, 6) is -0.553. The summed E-state index contributed by atoms with van der Waals surface area (Å²) in [6, 6.07) is 10.8. The zero-order valence-electron chi connectivity index (χ0n) is 12.1. The number of carbonyl (C=O) groups is 3. The standard InChI is InChI=1S/C16H13N3O4/c20-14-9-23-16(22)19(14)11-7-18(8-11)15(21)13-6-5-10-3-1-2-4-12(10)17-13/h1-6,11H,7-9H2. The van der Waals surface area contributed by atoms with Gasteiger partial charge in [-0.2, -0.15) is 0 Å². The summed E-state index contributed by atoms with van der Waals surface area (Å²) in [6.07, 6.45) is -0.629. The molecule has 3 amide bonds. The molecule has 2 fully saturated rings. The van der Waals surface area contributed by atoms with Crippen molar-refractivity contribution in [1.82, 2.24) is 14.8 Å². The summed E-state index contributed by atoms with van der Waals surface area (Å²) in [6.45, 7) is 0.415. The molecule has 0 bridgehead atoms. The zero-order chi connectivity index (χ0) is 16.0. The van der Waals surface area contributed by atoms with E-state index in [-0.39, 0.29) is 24.5 Å². The summed E-state index contributed by atoms with van der Waals surface area (Å²) < 4.78 is 4.68. The fraction of sp³-hybridized carbons (Fsp3) is 0.250. The average molecular weight is 311 g/mol. The number of pyridine rings is 1. The van der Waals surface area contributed by atoms with Crippen LogP contribution in [0.25, 0.3) is 10.9 Å². The summed E-state index contributed by atoms with van der Waals surface area (Å²) in [7, 11) is 0. The van der Waals surface area contributed by atoms with Gasteiger partial charge in [-0.15, -0.1) is 0 Å². The molecule has 4 rings (SSSR count). The minimum Gasteiger partial charge on any atom is -0.439 e. The maximum atomic E-state index is 12.4. The molecule has 1 aromatic carbocycles. The second-order valence-electron chi connectivity index (χ2n) is 5.57. The number of likely N-dealkylation sites (tertiary alicyclic amines) is 1. The van der Waals surface area contributed by atoms with Crippen LogP contribution in [0.2, 0.25) is 0 Å². The van der Waals surface area contributed by atoms with Gasteiger partial charge in [0.25, 0.3) is 11.8 Å². The Morgan fingerprint density at radius 1 is 1.13 bits per heavy atom. The SMILES string of the molecule is O=C(c1ccc2ccccc2n1)N1CC(N2C(=O)COC2=O)C1. The summed E-state index contributed by atoms with van der Waals surface area (Å²) >= 11 is 0. The molecule has 0 spiro atoms. The highest BCUT2D eigenvalue weighted by atomic mass is 16.6. The number of amides is 3. The van der Waals surface area contributed by atoms with Crippen molar-refractivity contribution in [2.45, 2.75) is 6.04 Å². The van der Waals surface area contributed by atoms with Crippen LogP contribution in [-0.4, -0.2) is 58.4 Å². The average Bonchev–Trinajstić information content (AvgIpc) is 2.85. The van der Waals surface area contributed by atoms with Crippen molar-refractivity contribution in [2.24, 2.45) is 0 Å². The number of carbonyl (C=O) groups excluding carboxylic acids is 3. The van der Waals surface area contributed by atoms with Crippen LogP contribution < -0.4 is 0 Å². The van der Waals surface area contributed by atoms with Gasteiger partial charge in [-0.05, 0) is 12.1 Å².